The van der Waals surface area contributed by atoms with Crippen molar-refractivity contribution in [3.63, 3.8) is 0 Å². The van der Waals surface area contributed by atoms with E-state index in [2.05, 4.69) is 41.0 Å². The molecule has 0 unspecified atom stereocenters. The second-order valence-corrected chi connectivity index (χ2v) is 5.45. The van der Waals surface area contributed by atoms with Crippen LogP contribution in [0.15, 0.2) is 5.16 Å². The second kappa shape index (κ2) is 7.81. The van der Waals surface area contributed by atoms with E-state index in [0.29, 0.717) is 17.3 Å². The molecule has 0 saturated carbocycles. The lowest BCUT2D eigenvalue weighted by molar-refractivity contribution is 0.318. The highest BCUT2D eigenvalue weighted by Crippen LogP contribution is 2.24. The predicted molar refractivity (Wildman–Crippen MR) is 86.0 cm³/mol. The van der Waals surface area contributed by atoms with Crippen molar-refractivity contribution in [2.24, 2.45) is 16.8 Å². The Morgan fingerprint density at radius 1 is 1.24 bits per heavy atom. The number of hydrogen-bond acceptors (Lipinski definition) is 5. The van der Waals surface area contributed by atoms with Crippen LogP contribution in [-0.2, 0) is 12.8 Å². The van der Waals surface area contributed by atoms with E-state index < -0.39 is 0 Å². The summed E-state index contributed by atoms with van der Waals surface area (Å²) in [5.41, 5.74) is 8.56. The van der Waals surface area contributed by atoms with Gasteiger partial charge in [-0.2, -0.15) is 5.10 Å². The molecule has 0 aliphatic rings. The maximum Gasteiger partial charge on any atom is 0.174 e. The lowest BCUT2D eigenvalue weighted by Crippen LogP contribution is -2.32. The van der Waals surface area contributed by atoms with Crippen LogP contribution in [0.5, 0.6) is 0 Å². The maximum absolute atomic E-state index is 9.13. The SMILES string of the molecule is CCc1nnc(N(CC)CC(C)C)c(C(N)=NO)c1CC. The summed E-state index contributed by atoms with van der Waals surface area (Å²) in [5.74, 6) is 1.30. The van der Waals surface area contributed by atoms with Crippen LogP contribution in [0.3, 0.4) is 0 Å². The zero-order valence-corrected chi connectivity index (χ0v) is 13.7. The first-order valence-corrected chi connectivity index (χ1v) is 7.61. The Morgan fingerprint density at radius 3 is 2.33 bits per heavy atom. The third kappa shape index (κ3) is 3.83. The van der Waals surface area contributed by atoms with Gasteiger partial charge in [0.2, 0.25) is 0 Å². The van der Waals surface area contributed by atoms with Gasteiger partial charge >= 0.3 is 0 Å². The quantitative estimate of drug-likeness (QED) is 0.348. The fourth-order valence-electron chi connectivity index (χ4n) is 2.51. The first kappa shape index (κ1) is 17.2. The number of oxime groups is 1. The Bertz CT molecular complexity index is 499. The average molecular weight is 293 g/mol. The summed E-state index contributed by atoms with van der Waals surface area (Å²) in [6.45, 7) is 12.1. The van der Waals surface area contributed by atoms with E-state index in [4.69, 9.17) is 10.9 Å². The van der Waals surface area contributed by atoms with Crippen LogP contribution in [0.4, 0.5) is 5.82 Å². The van der Waals surface area contributed by atoms with Crippen LogP contribution in [0, 0.1) is 5.92 Å². The molecule has 0 aliphatic carbocycles. The van der Waals surface area contributed by atoms with Crippen molar-refractivity contribution < 1.29 is 5.21 Å². The molecule has 0 aromatic carbocycles. The Hall–Kier alpha value is -1.85. The number of aryl methyl sites for hydroxylation is 1. The summed E-state index contributed by atoms with van der Waals surface area (Å²) in [7, 11) is 0. The Balaban J connectivity index is 3.50. The highest BCUT2D eigenvalue weighted by molar-refractivity contribution is 6.03. The topological polar surface area (TPSA) is 87.6 Å². The van der Waals surface area contributed by atoms with Gasteiger partial charge in [-0.15, -0.1) is 5.10 Å². The normalized spacial score (nSPS) is 12.0. The summed E-state index contributed by atoms with van der Waals surface area (Å²) in [6.07, 6.45) is 1.55. The van der Waals surface area contributed by atoms with Crippen LogP contribution in [0.2, 0.25) is 0 Å². The molecule has 1 rings (SSSR count). The summed E-state index contributed by atoms with van der Waals surface area (Å²) >= 11 is 0. The van der Waals surface area contributed by atoms with Crippen molar-refractivity contribution in [1.82, 2.24) is 10.2 Å². The van der Waals surface area contributed by atoms with Crippen molar-refractivity contribution in [3.05, 3.63) is 16.8 Å². The number of rotatable bonds is 7. The van der Waals surface area contributed by atoms with E-state index in [1.165, 1.54) is 0 Å². The molecule has 1 aromatic rings. The van der Waals surface area contributed by atoms with Gasteiger partial charge in [-0.25, -0.2) is 0 Å². The van der Waals surface area contributed by atoms with Gasteiger partial charge in [0.25, 0.3) is 0 Å². The number of aromatic nitrogens is 2. The van der Waals surface area contributed by atoms with Crippen molar-refractivity contribution in [1.29, 1.82) is 0 Å². The smallest absolute Gasteiger partial charge is 0.174 e. The number of amidine groups is 1. The molecule has 21 heavy (non-hydrogen) atoms. The number of nitrogens with zero attached hydrogens (tertiary/aromatic N) is 4. The van der Waals surface area contributed by atoms with Gasteiger partial charge in [-0.05, 0) is 31.2 Å². The van der Waals surface area contributed by atoms with Gasteiger partial charge in [0.15, 0.2) is 11.7 Å². The molecule has 118 valence electrons. The van der Waals surface area contributed by atoms with Crippen molar-refractivity contribution in [2.45, 2.75) is 47.5 Å². The first-order chi connectivity index (χ1) is 9.99. The molecular weight excluding hydrogens is 266 g/mol. The van der Waals surface area contributed by atoms with E-state index in [9.17, 15) is 0 Å². The average Bonchev–Trinajstić information content (AvgIpc) is 2.49. The van der Waals surface area contributed by atoms with E-state index in [-0.39, 0.29) is 5.84 Å². The van der Waals surface area contributed by atoms with Gasteiger partial charge in [0, 0.05) is 13.1 Å². The van der Waals surface area contributed by atoms with E-state index >= 15 is 0 Å². The molecule has 0 amide bonds. The molecule has 0 spiro atoms. The molecule has 1 aromatic heterocycles. The molecule has 0 fully saturated rings. The lowest BCUT2D eigenvalue weighted by Gasteiger charge is -2.27. The largest absolute Gasteiger partial charge is 0.409 e. The molecule has 0 saturated heterocycles. The van der Waals surface area contributed by atoms with E-state index in [1.807, 2.05) is 13.8 Å². The van der Waals surface area contributed by atoms with Crippen LogP contribution >= 0.6 is 0 Å². The molecule has 1 heterocycles. The predicted octanol–water partition coefficient (Wildman–Crippen LogP) is 2.18. The third-order valence-corrected chi connectivity index (χ3v) is 3.46. The van der Waals surface area contributed by atoms with Crippen LogP contribution < -0.4 is 10.6 Å². The molecule has 3 N–H and O–H groups in total. The monoisotopic (exact) mass is 293 g/mol. The summed E-state index contributed by atoms with van der Waals surface area (Å²) in [5, 5.41) is 21.0. The van der Waals surface area contributed by atoms with Gasteiger partial charge in [-0.3, -0.25) is 0 Å². The standard InChI is InChI=1S/C15H27N5O/c1-6-11-12(7-2)17-18-15(13(11)14(16)19-21)20(8-3)9-10(4)5/h10,21H,6-9H2,1-5H3,(H2,16,19). The van der Waals surface area contributed by atoms with Gasteiger partial charge in [0.05, 0.1) is 11.3 Å². The number of anilines is 1. The zero-order valence-electron chi connectivity index (χ0n) is 13.7. The highest BCUT2D eigenvalue weighted by atomic mass is 16.4. The fraction of sp³-hybridized carbons (Fsp3) is 0.667. The van der Waals surface area contributed by atoms with Crippen molar-refractivity contribution in [2.75, 3.05) is 18.0 Å². The molecule has 0 bridgehead atoms. The Kier molecular flexibility index (Phi) is 6.39. The van der Waals surface area contributed by atoms with Crippen LogP contribution in [0.1, 0.15) is 51.4 Å². The Morgan fingerprint density at radius 2 is 1.90 bits per heavy atom. The molecular formula is C15H27N5O. The minimum atomic E-state index is 0.105. The van der Waals surface area contributed by atoms with Crippen molar-refractivity contribution in [3.8, 4) is 0 Å². The Labute approximate surface area is 127 Å². The minimum Gasteiger partial charge on any atom is -0.409 e. The summed E-state index contributed by atoms with van der Waals surface area (Å²) in [4.78, 5) is 2.13. The lowest BCUT2D eigenvalue weighted by atomic mass is 10.0. The zero-order chi connectivity index (χ0) is 16.0. The fourth-order valence-corrected chi connectivity index (χ4v) is 2.51. The summed E-state index contributed by atoms with van der Waals surface area (Å²) in [6, 6.07) is 0. The van der Waals surface area contributed by atoms with E-state index in [0.717, 1.165) is 37.2 Å². The number of nitrogens with two attached hydrogens (primary N) is 1. The third-order valence-electron chi connectivity index (χ3n) is 3.46. The molecule has 6 heteroatoms. The van der Waals surface area contributed by atoms with Gasteiger partial charge in [0.1, 0.15) is 0 Å². The van der Waals surface area contributed by atoms with Crippen LogP contribution in [0.25, 0.3) is 0 Å². The minimum absolute atomic E-state index is 0.105. The maximum atomic E-state index is 9.13. The van der Waals surface area contributed by atoms with E-state index in [1.54, 1.807) is 0 Å². The summed E-state index contributed by atoms with van der Waals surface area (Å²) < 4.78 is 0. The second-order valence-electron chi connectivity index (χ2n) is 5.45. The number of hydrogen-bond donors (Lipinski definition) is 2. The molecule has 6 nitrogen and oxygen atoms in total. The highest BCUT2D eigenvalue weighted by Gasteiger charge is 2.22. The van der Waals surface area contributed by atoms with Gasteiger partial charge in [-0.1, -0.05) is 32.9 Å². The van der Waals surface area contributed by atoms with Crippen LogP contribution in [-0.4, -0.2) is 34.3 Å². The molecule has 0 atom stereocenters. The molecule has 0 radical (unpaired) electrons. The van der Waals surface area contributed by atoms with Crippen molar-refractivity contribution >= 4 is 11.7 Å². The first-order valence-electron chi connectivity index (χ1n) is 7.61. The van der Waals surface area contributed by atoms with Gasteiger partial charge < -0.3 is 15.8 Å². The molecule has 0 aliphatic heterocycles.